The zero-order valence-electron chi connectivity index (χ0n) is 18.6. The van der Waals surface area contributed by atoms with Gasteiger partial charge in [0.2, 0.25) is 5.95 Å². The fourth-order valence-corrected chi connectivity index (χ4v) is 4.41. The largest absolute Gasteiger partial charge is 0.314 e. The second kappa shape index (κ2) is 8.14. The van der Waals surface area contributed by atoms with E-state index in [1.807, 2.05) is 22.8 Å². The number of aromatic nitrogens is 7. The van der Waals surface area contributed by atoms with Gasteiger partial charge in [0, 0.05) is 23.6 Å². The highest BCUT2D eigenvalue weighted by atomic mass is 19.1. The van der Waals surface area contributed by atoms with Crippen molar-refractivity contribution in [2.45, 2.75) is 19.4 Å². The molecule has 0 spiro atoms. The Morgan fingerprint density at radius 2 is 1.94 bits per heavy atom. The molecule has 0 fully saturated rings. The molecule has 170 valence electrons. The third-order valence-electron chi connectivity index (χ3n) is 6.01. The number of hydrogen-bond acceptors (Lipinski definition) is 7. The van der Waals surface area contributed by atoms with E-state index in [2.05, 4.69) is 38.1 Å². The van der Waals surface area contributed by atoms with Crippen molar-refractivity contribution in [3.63, 3.8) is 0 Å². The monoisotopic (exact) mass is 463 g/mol. The number of halogens is 1. The molecule has 4 heterocycles. The predicted octanol–water partition coefficient (Wildman–Crippen LogP) is 4.52. The van der Waals surface area contributed by atoms with E-state index in [1.165, 1.54) is 12.1 Å². The lowest BCUT2D eigenvalue weighted by Crippen LogP contribution is -2.32. The molecule has 0 amide bonds. The number of rotatable bonds is 4. The number of benzene rings is 2. The number of hydrogen-bond donors (Lipinski definition) is 0. The highest BCUT2D eigenvalue weighted by Crippen LogP contribution is 2.43. The Morgan fingerprint density at radius 1 is 1.09 bits per heavy atom. The summed E-state index contributed by atoms with van der Waals surface area (Å²) < 4.78 is 17.1. The Bertz CT molecular complexity index is 1580. The van der Waals surface area contributed by atoms with E-state index in [1.54, 1.807) is 47.7 Å². The van der Waals surface area contributed by atoms with E-state index in [9.17, 15) is 9.65 Å². The minimum atomic E-state index is -0.317. The SMILES string of the molecule is CC[C@@H]1c2nncn2-c2cnc(-n3ccnc3-c3ccc(F)cc3)nc2N1c1cccc(C#N)c1. The van der Waals surface area contributed by atoms with Gasteiger partial charge >= 0.3 is 0 Å². The minimum Gasteiger partial charge on any atom is -0.314 e. The Morgan fingerprint density at radius 3 is 2.74 bits per heavy atom. The topological polar surface area (TPSA) is 101 Å². The lowest BCUT2D eigenvalue weighted by Gasteiger charge is -2.36. The van der Waals surface area contributed by atoms with Crippen LogP contribution in [-0.4, -0.2) is 34.3 Å². The molecule has 5 aromatic rings. The standard InChI is InChI=1S/C25H18FN9/c1-2-20-24-32-30-15-34(24)21-14-29-25(31-23(21)35(20)19-5-3-4-16(12-19)13-27)33-11-10-28-22(33)17-6-8-18(26)9-7-17/h3-12,14-15,20H,2H2,1H3/t20-/m1/s1. The van der Waals surface area contributed by atoms with Gasteiger partial charge in [-0.25, -0.2) is 14.4 Å². The molecule has 35 heavy (non-hydrogen) atoms. The van der Waals surface area contributed by atoms with E-state index in [4.69, 9.17) is 4.98 Å². The number of anilines is 2. The van der Waals surface area contributed by atoms with Crippen LogP contribution in [0, 0.1) is 17.1 Å². The molecule has 9 nitrogen and oxygen atoms in total. The van der Waals surface area contributed by atoms with Crippen LogP contribution in [0.2, 0.25) is 0 Å². The summed E-state index contributed by atoms with van der Waals surface area (Å²) in [6.45, 7) is 2.07. The van der Waals surface area contributed by atoms with Crippen LogP contribution in [0.4, 0.5) is 15.9 Å². The van der Waals surface area contributed by atoms with E-state index in [0.717, 1.165) is 29.2 Å². The summed E-state index contributed by atoms with van der Waals surface area (Å²) in [7, 11) is 0. The second-order valence-corrected chi connectivity index (χ2v) is 8.02. The second-order valence-electron chi connectivity index (χ2n) is 8.02. The molecule has 0 aliphatic carbocycles. The zero-order valence-corrected chi connectivity index (χ0v) is 18.6. The number of imidazole rings is 1. The molecule has 1 atom stereocenters. The van der Waals surface area contributed by atoms with Crippen molar-refractivity contribution in [1.29, 1.82) is 5.26 Å². The van der Waals surface area contributed by atoms with Crippen LogP contribution in [-0.2, 0) is 0 Å². The molecule has 2 aromatic carbocycles. The number of fused-ring (bicyclic) bond motifs is 3. The molecule has 0 saturated carbocycles. The Kier molecular flexibility index (Phi) is 4.81. The fourth-order valence-electron chi connectivity index (χ4n) is 4.41. The summed E-state index contributed by atoms with van der Waals surface area (Å²) >= 11 is 0. The van der Waals surface area contributed by atoms with Gasteiger partial charge in [-0.2, -0.15) is 10.2 Å². The van der Waals surface area contributed by atoms with Gasteiger partial charge in [-0.05, 0) is 48.9 Å². The van der Waals surface area contributed by atoms with Gasteiger partial charge < -0.3 is 4.90 Å². The van der Waals surface area contributed by atoms with Gasteiger partial charge in [-0.15, -0.1) is 10.2 Å². The normalized spacial score (nSPS) is 14.3. The van der Waals surface area contributed by atoms with E-state index in [-0.39, 0.29) is 11.9 Å². The molecule has 3 aromatic heterocycles. The van der Waals surface area contributed by atoms with Gasteiger partial charge in [0.15, 0.2) is 11.6 Å². The summed E-state index contributed by atoms with van der Waals surface area (Å²) in [5, 5.41) is 18.0. The Balaban J connectivity index is 1.55. The molecule has 0 saturated heterocycles. The van der Waals surface area contributed by atoms with Crippen molar-refractivity contribution in [3.05, 3.63) is 90.7 Å². The van der Waals surface area contributed by atoms with Gasteiger partial charge in [0.25, 0.3) is 0 Å². The van der Waals surface area contributed by atoms with Gasteiger partial charge in [0.05, 0.1) is 23.9 Å². The molecule has 1 aliphatic heterocycles. The first-order valence-electron chi connectivity index (χ1n) is 11.0. The molecule has 0 radical (unpaired) electrons. The predicted molar refractivity (Wildman–Crippen MR) is 126 cm³/mol. The number of nitriles is 1. The Labute approximate surface area is 199 Å². The first-order chi connectivity index (χ1) is 17.2. The maximum absolute atomic E-state index is 13.5. The van der Waals surface area contributed by atoms with Crippen molar-refractivity contribution >= 4 is 11.5 Å². The summed E-state index contributed by atoms with van der Waals surface area (Å²) in [5.41, 5.74) is 2.84. The fraction of sp³-hybridized carbons (Fsp3) is 0.120. The summed E-state index contributed by atoms with van der Waals surface area (Å²) in [4.78, 5) is 16.1. The average Bonchev–Trinajstić information content (AvgIpc) is 3.58. The lowest BCUT2D eigenvalue weighted by molar-refractivity contribution is 0.588. The molecule has 10 heteroatoms. The van der Waals surface area contributed by atoms with Crippen molar-refractivity contribution in [2.24, 2.45) is 0 Å². The highest BCUT2D eigenvalue weighted by molar-refractivity contribution is 5.72. The first kappa shape index (κ1) is 20.7. The van der Waals surface area contributed by atoms with E-state index >= 15 is 0 Å². The van der Waals surface area contributed by atoms with Crippen LogP contribution in [0.1, 0.15) is 30.8 Å². The van der Waals surface area contributed by atoms with Gasteiger partial charge in [-0.1, -0.05) is 13.0 Å². The van der Waals surface area contributed by atoms with Crippen LogP contribution in [0.25, 0.3) is 23.0 Å². The zero-order chi connectivity index (χ0) is 23.9. The summed E-state index contributed by atoms with van der Waals surface area (Å²) in [5.74, 6) is 2.11. The van der Waals surface area contributed by atoms with Crippen molar-refractivity contribution in [1.82, 2.24) is 34.3 Å². The third kappa shape index (κ3) is 3.33. The Hall–Kier alpha value is -4.91. The van der Waals surface area contributed by atoms with Crippen molar-refractivity contribution < 1.29 is 4.39 Å². The third-order valence-corrected chi connectivity index (χ3v) is 6.01. The molecular formula is C25H18FN9. The maximum Gasteiger partial charge on any atom is 0.237 e. The van der Waals surface area contributed by atoms with Crippen LogP contribution < -0.4 is 4.90 Å². The molecule has 6 rings (SSSR count). The summed E-state index contributed by atoms with van der Waals surface area (Å²) in [6.07, 6.45) is 7.55. The van der Waals surface area contributed by atoms with E-state index < -0.39 is 0 Å². The van der Waals surface area contributed by atoms with Crippen LogP contribution >= 0.6 is 0 Å². The molecular weight excluding hydrogens is 445 g/mol. The van der Waals surface area contributed by atoms with Crippen LogP contribution in [0.3, 0.4) is 0 Å². The minimum absolute atomic E-state index is 0.152. The van der Waals surface area contributed by atoms with Crippen molar-refractivity contribution in [3.8, 4) is 29.1 Å². The van der Waals surface area contributed by atoms with Gasteiger partial charge in [-0.3, -0.25) is 9.13 Å². The lowest BCUT2D eigenvalue weighted by atomic mass is 10.1. The van der Waals surface area contributed by atoms with Crippen LogP contribution in [0.15, 0.2) is 73.4 Å². The van der Waals surface area contributed by atoms with Gasteiger partial charge in [0.1, 0.15) is 23.7 Å². The molecule has 0 N–H and O–H groups in total. The highest BCUT2D eigenvalue weighted by Gasteiger charge is 2.35. The molecule has 1 aliphatic rings. The number of nitrogens with zero attached hydrogens (tertiary/aromatic N) is 9. The maximum atomic E-state index is 13.5. The molecule has 0 bridgehead atoms. The molecule has 0 unspecified atom stereocenters. The van der Waals surface area contributed by atoms with Crippen molar-refractivity contribution in [2.75, 3.05) is 4.90 Å². The van der Waals surface area contributed by atoms with Crippen LogP contribution in [0.5, 0.6) is 0 Å². The first-order valence-corrected chi connectivity index (χ1v) is 11.0. The van der Waals surface area contributed by atoms with E-state index in [0.29, 0.717) is 23.2 Å². The summed E-state index contributed by atoms with van der Waals surface area (Å²) in [6, 6.07) is 15.6. The quantitative estimate of drug-likeness (QED) is 0.386. The average molecular weight is 463 g/mol. The smallest absolute Gasteiger partial charge is 0.237 e.